The second-order valence-electron chi connectivity index (χ2n) is 10.7. The minimum atomic E-state index is 0.407. The molecule has 0 unspecified atom stereocenters. The Morgan fingerprint density at radius 3 is 2.74 bits per heavy atom. The first-order chi connectivity index (χ1) is 19.0. The van der Waals surface area contributed by atoms with Gasteiger partial charge in [-0.25, -0.2) is 4.98 Å². The lowest BCUT2D eigenvalue weighted by Crippen LogP contribution is -2.38. The van der Waals surface area contributed by atoms with E-state index in [0.717, 1.165) is 83.3 Å². The zero-order chi connectivity index (χ0) is 26.5. The maximum atomic E-state index is 6.70. The summed E-state index contributed by atoms with van der Waals surface area (Å²) in [6, 6.07) is 13.4. The van der Waals surface area contributed by atoms with E-state index in [4.69, 9.17) is 26.3 Å². The highest BCUT2D eigenvalue weighted by atomic mass is 79.9. The zero-order valence-corrected chi connectivity index (χ0v) is 24.3. The lowest BCUT2D eigenvalue weighted by atomic mass is 10.0. The molecule has 7 rings (SSSR count). The predicted molar refractivity (Wildman–Crippen MR) is 158 cm³/mol. The van der Waals surface area contributed by atoms with Crippen LogP contribution in [0.25, 0.3) is 10.8 Å². The zero-order valence-electron chi connectivity index (χ0n) is 22.0. The van der Waals surface area contributed by atoms with Crippen molar-refractivity contribution in [3.05, 3.63) is 69.3 Å². The summed E-state index contributed by atoms with van der Waals surface area (Å²) in [7, 11) is 2.17. The van der Waals surface area contributed by atoms with Gasteiger partial charge in [0.25, 0.3) is 0 Å². The molecule has 0 bridgehead atoms. The summed E-state index contributed by atoms with van der Waals surface area (Å²) < 4.78 is 9.42. The highest BCUT2D eigenvalue weighted by molar-refractivity contribution is 9.10. The molecule has 3 aliphatic heterocycles. The average Bonchev–Trinajstić information content (AvgIpc) is 3.55. The van der Waals surface area contributed by atoms with Gasteiger partial charge >= 0.3 is 6.01 Å². The highest BCUT2D eigenvalue weighted by Crippen LogP contribution is 2.37. The van der Waals surface area contributed by atoms with Crippen molar-refractivity contribution in [2.75, 3.05) is 43.1 Å². The first-order valence-electron chi connectivity index (χ1n) is 13.6. The summed E-state index contributed by atoms with van der Waals surface area (Å²) in [5.74, 6) is 0.994. The number of fused-ring (bicyclic) bond motifs is 3. The van der Waals surface area contributed by atoms with E-state index in [0.29, 0.717) is 25.2 Å². The molecule has 1 fully saturated rings. The largest absolute Gasteiger partial charge is 0.462 e. The Kier molecular flexibility index (Phi) is 6.61. The average molecular weight is 609 g/mol. The minimum absolute atomic E-state index is 0.407. The van der Waals surface area contributed by atoms with Gasteiger partial charge in [-0.3, -0.25) is 0 Å². The van der Waals surface area contributed by atoms with Crippen molar-refractivity contribution in [1.29, 1.82) is 0 Å². The third kappa shape index (κ3) is 4.64. The molecule has 0 radical (unpaired) electrons. The Morgan fingerprint density at radius 2 is 1.90 bits per heavy atom. The van der Waals surface area contributed by atoms with Crippen LogP contribution in [0.15, 0.2) is 47.3 Å². The molecule has 202 valence electrons. The number of anilines is 2. The molecule has 1 saturated heterocycles. The van der Waals surface area contributed by atoms with Crippen LogP contribution in [0.5, 0.6) is 6.01 Å². The molecule has 8 nitrogen and oxygen atoms in total. The first-order valence-corrected chi connectivity index (χ1v) is 14.8. The number of benzene rings is 2. The Balaban J connectivity index is 1.24. The van der Waals surface area contributed by atoms with E-state index < -0.39 is 0 Å². The quantitative estimate of drug-likeness (QED) is 0.305. The Morgan fingerprint density at radius 1 is 1.03 bits per heavy atom. The first kappa shape index (κ1) is 25.1. The fourth-order valence-corrected chi connectivity index (χ4v) is 7.03. The third-order valence-electron chi connectivity index (χ3n) is 8.41. The van der Waals surface area contributed by atoms with Crippen molar-refractivity contribution in [3.8, 4) is 6.01 Å². The molecule has 0 N–H and O–H groups in total. The van der Waals surface area contributed by atoms with Crippen LogP contribution in [0.4, 0.5) is 11.5 Å². The van der Waals surface area contributed by atoms with Gasteiger partial charge in [-0.05, 0) is 66.3 Å². The van der Waals surface area contributed by atoms with Crippen LogP contribution >= 0.6 is 27.5 Å². The molecular formula is C29H31BrClN7O. The van der Waals surface area contributed by atoms with E-state index in [1.807, 2.05) is 18.3 Å². The minimum Gasteiger partial charge on any atom is -0.462 e. The van der Waals surface area contributed by atoms with Gasteiger partial charge in [-0.15, -0.1) is 0 Å². The normalized spacial score (nSPS) is 19.4. The van der Waals surface area contributed by atoms with Gasteiger partial charge in [-0.2, -0.15) is 9.97 Å². The van der Waals surface area contributed by atoms with Crippen molar-refractivity contribution in [2.24, 2.45) is 0 Å². The standard InChI is InChI=1S/C29H31BrClN7O/c1-35-11-4-7-20(35)18-39-29-33-24-17-36(25-9-3-6-19-5-2-8-23(31)26(19)25)12-10-22(24)27(34-29)37-13-14-38-21(16-37)15-32-28(38)30/h2-3,5-6,8-9,15,20H,4,7,10-14,16-18H2,1H3/t20-/m0/s1. The number of aromatic nitrogens is 4. The van der Waals surface area contributed by atoms with Crippen LogP contribution in [0, 0.1) is 0 Å². The molecule has 39 heavy (non-hydrogen) atoms. The molecule has 10 heteroatoms. The van der Waals surface area contributed by atoms with Gasteiger partial charge in [0.15, 0.2) is 4.73 Å². The molecule has 4 aromatic rings. The smallest absolute Gasteiger partial charge is 0.318 e. The number of hydrogen-bond acceptors (Lipinski definition) is 7. The van der Waals surface area contributed by atoms with Crippen molar-refractivity contribution >= 4 is 49.8 Å². The summed E-state index contributed by atoms with van der Waals surface area (Å²) in [5.41, 5.74) is 4.57. The van der Waals surface area contributed by atoms with Crippen LogP contribution in [-0.2, 0) is 26.1 Å². The van der Waals surface area contributed by atoms with Crippen molar-refractivity contribution < 1.29 is 4.74 Å². The van der Waals surface area contributed by atoms with Crippen LogP contribution < -0.4 is 14.5 Å². The monoisotopic (exact) mass is 607 g/mol. The summed E-state index contributed by atoms with van der Waals surface area (Å²) in [6.45, 7) is 5.76. The van der Waals surface area contributed by atoms with Gasteiger partial charge in [0.2, 0.25) is 0 Å². The summed E-state index contributed by atoms with van der Waals surface area (Å²) in [5, 5.41) is 3.02. The number of likely N-dealkylation sites (tertiary alicyclic amines) is 1. The number of hydrogen-bond donors (Lipinski definition) is 0. The van der Waals surface area contributed by atoms with E-state index in [9.17, 15) is 0 Å². The lowest BCUT2D eigenvalue weighted by molar-refractivity contribution is 0.187. The van der Waals surface area contributed by atoms with Crippen LogP contribution in [0.1, 0.15) is 29.8 Å². The number of imidazole rings is 1. The fourth-order valence-electron chi connectivity index (χ4n) is 6.24. The number of rotatable bonds is 5. The molecule has 0 spiro atoms. The summed E-state index contributed by atoms with van der Waals surface area (Å²) in [6.07, 6.45) is 5.16. The molecular weight excluding hydrogens is 578 g/mol. The lowest BCUT2D eigenvalue weighted by Gasteiger charge is -2.35. The molecule has 2 aromatic heterocycles. The Hall–Kier alpha value is -2.88. The maximum absolute atomic E-state index is 6.70. The van der Waals surface area contributed by atoms with E-state index >= 15 is 0 Å². The van der Waals surface area contributed by atoms with Crippen LogP contribution in [0.2, 0.25) is 5.02 Å². The maximum Gasteiger partial charge on any atom is 0.318 e. The Bertz CT molecular complexity index is 1540. The molecule has 3 aliphatic rings. The number of ether oxygens (including phenoxy) is 1. The van der Waals surface area contributed by atoms with Crippen molar-refractivity contribution in [2.45, 2.75) is 44.9 Å². The molecule has 0 saturated carbocycles. The topological polar surface area (TPSA) is 62.6 Å². The molecule has 1 atom stereocenters. The van der Waals surface area contributed by atoms with Gasteiger partial charge in [0, 0.05) is 42.3 Å². The van der Waals surface area contributed by atoms with Crippen molar-refractivity contribution in [3.63, 3.8) is 0 Å². The Labute approximate surface area is 241 Å². The van der Waals surface area contributed by atoms with Gasteiger partial charge < -0.3 is 24.0 Å². The summed E-state index contributed by atoms with van der Waals surface area (Å²) >= 11 is 10.3. The second-order valence-corrected chi connectivity index (χ2v) is 11.8. The third-order valence-corrected chi connectivity index (χ3v) is 9.35. The van der Waals surface area contributed by atoms with E-state index in [2.05, 4.69) is 71.5 Å². The van der Waals surface area contributed by atoms with Gasteiger partial charge in [0.05, 0.1) is 35.7 Å². The van der Waals surface area contributed by atoms with Gasteiger partial charge in [0.1, 0.15) is 12.4 Å². The SMILES string of the molecule is CN1CCC[C@H]1COc1nc2c(c(N3CCn4c(cnc4Br)C3)n1)CCN(c1cccc3cccc(Cl)c13)C2. The molecule has 5 heterocycles. The molecule has 2 aromatic carbocycles. The number of halogens is 2. The fraction of sp³-hybridized carbons (Fsp3) is 0.414. The number of likely N-dealkylation sites (N-methyl/N-ethyl adjacent to an activating group) is 1. The van der Waals surface area contributed by atoms with E-state index in [1.165, 1.54) is 17.7 Å². The van der Waals surface area contributed by atoms with Gasteiger partial charge in [-0.1, -0.05) is 35.9 Å². The molecule has 0 aliphatic carbocycles. The second kappa shape index (κ2) is 10.3. The molecule has 0 amide bonds. The van der Waals surface area contributed by atoms with E-state index in [-0.39, 0.29) is 0 Å². The van der Waals surface area contributed by atoms with E-state index in [1.54, 1.807) is 0 Å². The van der Waals surface area contributed by atoms with Crippen LogP contribution in [0.3, 0.4) is 0 Å². The van der Waals surface area contributed by atoms with Crippen molar-refractivity contribution in [1.82, 2.24) is 24.4 Å². The number of nitrogens with zero attached hydrogens (tertiary/aromatic N) is 7. The van der Waals surface area contributed by atoms with Crippen LogP contribution in [-0.4, -0.2) is 63.7 Å². The highest BCUT2D eigenvalue weighted by Gasteiger charge is 2.30. The summed E-state index contributed by atoms with van der Waals surface area (Å²) in [4.78, 5) is 21.6. The predicted octanol–water partition coefficient (Wildman–Crippen LogP) is 5.30.